The fourth-order valence-corrected chi connectivity index (χ4v) is 6.91. The molecule has 11 nitrogen and oxygen atoms in total. The van der Waals surface area contributed by atoms with Crippen LogP contribution in [0.3, 0.4) is 0 Å². The van der Waals surface area contributed by atoms with E-state index >= 15 is 0 Å². The van der Waals surface area contributed by atoms with Crippen LogP contribution in [0.25, 0.3) is 0 Å². The van der Waals surface area contributed by atoms with Crippen LogP contribution in [-0.4, -0.2) is 48.0 Å². The number of nitro groups is 1. The lowest BCUT2D eigenvalue weighted by molar-refractivity contribution is -0.385. The number of aromatic nitrogens is 3. The highest BCUT2D eigenvalue weighted by atomic mass is 32.2. The molecule has 47 heavy (non-hydrogen) atoms. The van der Waals surface area contributed by atoms with Crippen LogP contribution in [-0.2, 0) is 17.9 Å². The Morgan fingerprint density at radius 1 is 1.00 bits per heavy atom. The minimum atomic E-state index is -0.507. The topological polar surface area (TPSA) is 136 Å². The first kappa shape index (κ1) is 31.8. The second-order valence-corrected chi connectivity index (χ2v) is 12.9. The van der Waals surface area contributed by atoms with Crippen LogP contribution < -0.4 is 5.32 Å². The van der Waals surface area contributed by atoms with Gasteiger partial charge in [-0.15, -0.1) is 21.5 Å². The monoisotopic (exact) mass is 665 g/mol. The summed E-state index contributed by atoms with van der Waals surface area (Å²) in [4.78, 5) is 38.8. The Bertz CT molecular complexity index is 1940. The van der Waals surface area contributed by atoms with Crippen molar-refractivity contribution in [2.45, 2.75) is 44.6 Å². The number of thioether (sulfide) groups is 1. The minimum absolute atomic E-state index is 0.0331. The number of benzene rings is 3. The quantitative estimate of drug-likeness (QED) is 0.0992. The molecule has 3 aromatic carbocycles. The third kappa shape index (κ3) is 7.16. The number of aryl methyl sites for hydroxylation is 1. The summed E-state index contributed by atoms with van der Waals surface area (Å²) < 4.78 is 1.87. The van der Waals surface area contributed by atoms with Gasteiger partial charge in [-0.1, -0.05) is 84.1 Å². The maximum atomic E-state index is 13.8. The fraction of sp³-hybridized carbons (Fsp3) is 0.206. The zero-order chi connectivity index (χ0) is 32.9. The third-order valence-electron chi connectivity index (χ3n) is 7.89. The van der Waals surface area contributed by atoms with E-state index in [0.717, 1.165) is 27.3 Å². The Labute approximate surface area is 279 Å². The number of hydrogen-bond donors (Lipinski definition) is 1. The molecule has 0 spiro atoms. The summed E-state index contributed by atoms with van der Waals surface area (Å²) in [5, 5.41) is 31.9. The van der Waals surface area contributed by atoms with Crippen LogP contribution >= 0.6 is 23.1 Å². The van der Waals surface area contributed by atoms with E-state index in [1.807, 2.05) is 83.6 Å². The van der Waals surface area contributed by atoms with Crippen LogP contribution in [0, 0.1) is 24.0 Å². The summed E-state index contributed by atoms with van der Waals surface area (Å²) in [6.45, 7) is 4.03. The standard InChI is InChI=1S/C34H31N7O4S2/c1-22-13-15-25(16-14-22)29-18-27(30-12-7-17-46-30)38-40(29)32(42)21-47-34-37-36-31(39(34)20-24-8-4-3-5-9-24)19-35-33(43)26-10-6-11-28(23(26)2)41(44)45/h3-17,29H,18-21H2,1-2H3,(H,35,43). The molecule has 0 radical (unpaired) electrons. The maximum Gasteiger partial charge on any atom is 0.273 e. The molecule has 1 unspecified atom stereocenters. The molecular weight excluding hydrogens is 635 g/mol. The number of carbonyl (C=O) groups excluding carboxylic acids is 2. The Kier molecular flexibility index (Phi) is 9.55. The molecule has 238 valence electrons. The highest BCUT2D eigenvalue weighted by Gasteiger charge is 2.33. The summed E-state index contributed by atoms with van der Waals surface area (Å²) in [7, 11) is 0. The van der Waals surface area contributed by atoms with Gasteiger partial charge in [0.1, 0.15) is 0 Å². The second kappa shape index (κ2) is 14.1. The highest BCUT2D eigenvalue weighted by molar-refractivity contribution is 7.99. The summed E-state index contributed by atoms with van der Waals surface area (Å²) in [5.74, 6) is -0.0507. The largest absolute Gasteiger partial charge is 0.345 e. The number of carbonyl (C=O) groups is 2. The van der Waals surface area contributed by atoms with Gasteiger partial charge in [-0.25, -0.2) is 5.01 Å². The molecule has 1 N–H and O–H groups in total. The van der Waals surface area contributed by atoms with E-state index in [2.05, 4.69) is 15.5 Å². The van der Waals surface area contributed by atoms with Crippen molar-refractivity contribution in [3.8, 4) is 0 Å². The van der Waals surface area contributed by atoms with Crippen molar-refractivity contribution >= 4 is 46.3 Å². The molecule has 2 amide bonds. The molecule has 5 aromatic rings. The zero-order valence-electron chi connectivity index (χ0n) is 25.7. The van der Waals surface area contributed by atoms with Gasteiger partial charge in [0.15, 0.2) is 11.0 Å². The van der Waals surface area contributed by atoms with Gasteiger partial charge in [-0.05, 0) is 42.5 Å². The Hall–Kier alpha value is -5.14. The highest BCUT2D eigenvalue weighted by Crippen LogP contribution is 2.35. The van der Waals surface area contributed by atoms with Gasteiger partial charge >= 0.3 is 0 Å². The lowest BCUT2D eigenvalue weighted by Gasteiger charge is -2.22. The van der Waals surface area contributed by atoms with E-state index < -0.39 is 10.8 Å². The predicted molar refractivity (Wildman–Crippen MR) is 182 cm³/mol. The molecule has 0 saturated heterocycles. The summed E-state index contributed by atoms with van der Waals surface area (Å²) in [5.41, 5.74) is 4.41. The number of rotatable bonds is 11. The number of nitrogens with one attached hydrogen (secondary N) is 1. The van der Waals surface area contributed by atoms with E-state index in [1.54, 1.807) is 29.3 Å². The van der Waals surface area contributed by atoms with Crippen molar-refractivity contribution in [3.63, 3.8) is 0 Å². The fourth-order valence-electron chi connectivity index (χ4n) is 5.38. The summed E-state index contributed by atoms with van der Waals surface area (Å²) in [6, 6.07) is 26.1. The van der Waals surface area contributed by atoms with Crippen molar-refractivity contribution in [1.29, 1.82) is 0 Å². The molecule has 0 bridgehead atoms. The van der Waals surface area contributed by atoms with E-state index in [0.29, 0.717) is 23.9 Å². The predicted octanol–water partition coefficient (Wildman–Crippen LogP) is 6.31. The van der Waals surface area contributed by atoms with Crippen molar-refractivity contribution in [2.24, 2.45) is 5.10 Å². The molecule has 1 atom stereocenters. The first-order chi connectivity index (χ1) is 22.8. The molecule has 0 saturated carbocycles. The van der Waals surface area contributed by atoms with Crippen molar-refractivity contribution in [1.82, 2.24) is 25.1 Å². The lowest BCUT2D eigenvalue weighted by atomic mass is 10.00. The average Bonchev–Trinajstić information content (AvgIpc) is 3.84. The zero-order valence-corrected chi connectivity index (χ0v) is 27.3. The van der Waals surface area contributed by atoms with Crippen LogP contribution in [0.5, 0.6) is 0 Å². The average molecular weight is 666 g/mol. The van der Waals surface area contributed by atoms with E-state index in [1.165, 1.54) is 23.9 Å². The molecule has 13 heteroatoms. The molecule has 1 aliphatic heterocycles. The second-order valence-electron chi connectivity index (χ2n) is 11.0. The molecule has 1 aliphatic rings. The number of nitrogens with zero attached hydrogens (tertiary/aromatic N) is 6. The van der Waals surface area contributed by atoms with Crippen molar-refractivity contribution < 1.29 is 14.5 Å². The van der Waals surface area contributed by atoms with Crippen LogP contribution in [0.2, 0.25) is 0 Å². The number of hydrazone groups is 1. The number of hydrogen-bond acceptors (Lipinski definition) is 9. The maximum absolute atomic E-state index is 13.8. The Morgan fingerprint density at radius 3 is 2.51 bits per heavy atom. The number of amides is 2. The number of thiophene rings is 1. The smallest absolute Gasteiger partial charge is 0.273 e. The van der Waals surface area contributed by atoms with E-state index in [-0.39, 0.29) is 41.1 Å². The van der Waals surface area contributed by atoms with E-state index in [4.69, 9.17) is 5.10 Å². The van der Waals surface area contributed by atoms with Gasteiger partial charge < -0.3 is 9.88 Å². The van der Waals surface area contributed by atoms with Gasteiger partial charge in [0.2, 0.25) is 0 Å². The molecule has 3 heterocycles. The lowest BCUT2D eigenvalue weighted by Crippen LogP contribution is -2.28. The Balaban J connectivity index is 1.21. The van der Waals surface area contributed by atoms with E-state index in [9.17, 15) is 19.7 Å². The molecule has 0 aliphatic carbocycles. The molecule has 0 fully saturated rings. The molecule has 2 aromatic heterocycles. The SMILES string of the molecule is Cc1ccc(C2CC(c3cccs3)=NN2C(=O)CSc2nnc(CNC(=O)c3cccc([N+](=O)[O-])c3C)n2Cc2ccccc2)cc1. The first-order valence-corrected chi connectivity index (χ1v) is 16.8. The molecule has 6 rings (SSSR count). The first-order valence-electron chi connectivity index (χ1n) is 14.9. The minimum Gasteiger partial charge on any atom is -0.345 e. The van der Waals surface area contributed by atoms with Crippen molar-refractivity contribution in [2.75, 3.05) is 5.75 Å². The van der Waals surface area contributed by atoms with Gasteiger partial charge in [-0.3, -0.25) is 19.7 Å². The van der Waals surface area contributed by atoms with Gasteiger partial charge in [0.05, 0.1) is 40.4 Å². The van der Waals surface area contributed by atoms with Crippen LogP contribution in [0.1, 0.15) is 55.8 Å². The molecular formula is C34H31N7O4S2. The summed E-state index contributed by atoms with van der Waals surface area (Å²) >= 11 is 2.86. The van der Waals surface area contributed by atoms with Crippen LogP contribution in [0.4, 0.5) is 5.69 Å². The van der Waals surface area contributed by atoms with Gasteiger partial charge in [0, 0.05) is 23.6 Å². The number of nitro benzene ring substituents is 1. The third-order valence-corrected chi connectivity index (χ3v) is 9.76. The Morgan fingerprint density at radius 2 is 1.79 bits per heavy atom. The normalized spacial score (nSPS) is 14.2. The van der Waals surface area contributed by atoms with Gasteiger partial charge in [0.25, 0.3) is 17.5 Å². The van der Waals surface area contributed by atoms with Gasteiger partial charge in [-0.2, -0.15) is 5.10 Å². The summed E-state index contributed by atoms with van der Waals surface area (Å²) in [6.07, 6.45) is 0.623. The van der Waals surface area contributed by atoms with Crippen LogP contribution in [0.15, 0.2) is 101 Å². The van der Waals surface area contributed by atoms with Crippen molar-refractivity contribution in [3.05, 3.63) is 139 Å².